The Kier molecular flexibility index (Phi) is 6.24. The summed E-state index contributed by atoms with van der Waals surface area (Å²) in [6.45, 7) is 4.29. The van der Waals surface area contributed by atoms with Crippen molar-refractivity contribution in [3.63, 3.8) is 0 Å². The minimum absolute atomic E-state index is 0.0617. The quantitative estimate of drug-likeness (QED) is 0.828. The van der Waals surface area contributed by atoms with Gasteiger partial charge < -0.3 is 14.8 Å². The number of rotatable bonds is 7. The first-order valence-corrected chi connectivity index (χ1v) is 8.13. The average molecular weight is 327 g/mol. The van der Waals surface area contributed by atoms with E-state index in [1.807, 2.05) is 36.4 Å². The maximum absolute atomic E-state index is 12.7. The molecule has 0 aliphatic carbocycles. The minimum Gasteiger partial charge on any atom is -0.497 e. The zero-order valence-electron chi connectivity index (χ0n) is 14.7. The van der Waals surface area contributed by atoms with Gasteiger partial charge in [-0.15, -0.1) is 0 Å². The number of ether oxygens (including phenoxy) is 2. The SMILES string of the molecule is COc1ccc([C@@H](CC(C)C)NC(=O)c2ccccc2OC)cc1. The van der Waals surface area contributed by atoms with E-state index in [0.717, 1.165) is 17.7 Å². The molecule has 2 rings (SSSR count). The summed E-state index contributed by atoms with van der Waals surface area (Å²) in [5.41, 5.74) is 1.61. The Morgan fingerprint density at radius 2 is 1.67 bits per heavy atom. The molecule has 0 heterocycles. The molecule has 0 saturated heterocycles. The molecule has 2 aromatic rings. The fraction of sp³-hybridized carbons (Fsp3) is 0.350. The van der Waals surface area contributed by atoms with E-state index >= 15 is 0 Å². The average Bonchev–Trinajstić information content (AvgIpc) is 2.60. The molecule has 0 saturated carbocycles. The van der Waals surface area contributed by atoms with Gasteiger partial charge >= 0.3 is 0 Å². The molecule has 2 aromatic carbocycles. The number of benzene rings is 2. The Labute approximate surface area is 143 Å². The van der Waals surface area contributed by atoms with Gasteiger partial charge in [0.15, 0.2) is 0 Å². The van der Waals surface area contributed by atoms with Crippen LogP contribution in [0.4, 0.5) is 0 Å². The van der Waals surface area contributed by atoms with Crippen molar-refractivity contribution in [3.8, 4) is 11.5 Å². The van der Waals surface area contributed by atoms with Crippen LogP contribution in [0.1, 0.15) is 42.2 Å². The third kappa shape index (κ3) is 4.51. The van der Waals surface area contributed by atoms with Gasteiger partial charge in [0.25, 0.3) is 5.91 Å². The normalized spacial score (nSPS) is 11.9. The molecule has 0 aliphatic heterocycles. The number of nitrogens with one attached hydrogen (secondary N) is 1. The standard InChI is InChI=1S/C20H25NO3/c1-14(2)13-18(15-9-11-16(23-3)12-10-15)21-20(22)17-7-5-6-8-19(17)24-4/h5-12,14,18H,13H2,1-4H3,(H,21,22)/t18-/m1/s1. The van der Waals surface area contributed by atoms with Crippen molar-refractivity contribution in [2.24, 2.45) is 5.92 Å². The van der Waals surface area contributed by atoms with Crippen molar-refractivity contribution in [1.82, 2.24) is 5.32 Å². The highest BCUT2D eigenvalue weighted by Crippen LogP contribution is 2.25. The summed E-state index contributed by atoms with van der Waals surface area (Å²) in [5, 5.41) is 3.13. The van der Waals surface area contributed by atoms with E-state index in [9.17, 15) is 4.79 Å². The summed E-state index contributed by atoms with van der Waals surface area (Å²) < 4.78 is 10.5. The molecule has 4 nitrogen and oxygen atoms in total. The van der Waals surface area contributed by atoms with Gasteiger partial charge in [-0.25, -0.2) is 0 Å². The first kappa shape index (κ1) is 17.9. The van der Waals surface area contributed by atoms with E-state index in [1.54, 1.807) is 26.4 Å². The Hall–Kier alpha value is -2.49. The van der Waals surface area contributed by atoms with E-state index in [0.29, 0.717) is 17.2 Å². The van der Waals surface area contributed by atoms with Gasteiger partial charge in [0.2, 0.25) is 0 Å². The van der Waals surface area contributed by atoms with Crippen LogP contribution in [0.25, 0.3) is 0 Å². The lowest BCUT2D eigenvalue weighted by Gasteiger charge is -2.22. The molecule has 4 heteroatoms. The molecule has 1 amide bonds. The largest absolute Gasteiger partial charge is 0.497 e. The highest BCUT2D eigenvalue weighted by Gasteiger charge is 2.19. The Morgan fingerprint density at radius 1 is 1.00 bits per heavy atom. The molecular formula is C20H25NO3. The van der Waals surface area contributed by atoms with Crippen LogP contribution in [-0.4, -0.2) is 20.1 Å². The molecule has 0 fully saturated rings. The molecule has 24 heavy (non-hydrogen) atoms. The topological polar surface area (TPSA) is 47.6 Å². The van der Waals surface area contributed by atoms with E-state index in [4.69, 9.17) is 9.47 Å². The van der Waals surface area contributed by atoms with Crippen molar-refractivity contribution in [2.75, 3.05) is 14.2 Å². The van der Waals surface area contributed by atoms with Crippen molar-refractivity contribution in [2.45, 2.75) is 26.3 Å². The Balaban J connectivity index is 2.23. The number of hydrogen-bond donors (Lipinski definition) is 1. The van der Waals surface area contributed by atoms with Crippen LogP contribution in [0, 0.1) is 5.92 Å². The predicted molar refractivity (Wildman–Crippen MR) is 95.7 cm³/mol. The summed E-state index contributed by atoms with van der Waals surface area (Å²) in [6.07, 6.45) is 0.854. The smallest absolute Gasteiger partial charge is 0.255 e. The molecule has 0 aliphatic rings. The van der Waals surface area contributed by atoms with Crippen molar-refractivity contribution < 1.29 is 14.3 Å². The maximum Gasteiger partial charge on any atom is 0.255 e. The van der Waals surface area contributed by atoms with E-state index in [1.165, 1.54) is 0 Å². The van der Waals surface area contributed by atoms with Crippen LogP contribution >= 0.6 is 0 Å². The van der Waals surface area contributed by atoms with Crippen LogP contribution in [0.5, 0.6) is 11.5 Å². The van der Waals surface area contributed by atoms with Gasteiger partial charge in [-0.2, -0.15) is 0 Å². The van der Waals surface area contributed by atoms with Gasteiger partial charge in [-0.05, 0) is 42.2 Å². The summed E-state index contributed by atoms with van der Waals surface area (Å²) in [4.78, 5) is 12.7. The number of amides is 1. The van der Waals surface area contributed by atoms with Gasteiger partial charge in [0.1, 0.15) is 11.5 Å². The summed E-state index contributed by atoms with van der Waals surface area (Å²) in [7, 11) is 3.21. The van der Waals surface area contributed by atoms with Gasteiger partial charge in [0.05, 0.1) is 25.8 Å². The second-order valence-electron chi connectivity index (χ2n) is 6.13. The fourth-order valence-corrected chi connectivity index (χ4v) is 2.65. The molecule has 0 bridgehead atoms. The lowest BCUT2D eigenvalue weighted by Crippen LogP contribution is -2.29. The number of carbonyl (C=O) groups excluding carboxylic acids is 1. The van der Waals surface area contributed by atoms with Gasteiger partial charge in [-0.3, -0.25) is 4.79 Å². The lowest BCUT2D eigenvalue weighted by molar-refractivity contribution is 0.0929. The number of para-hydroxylation sites is 1. The summed E-state index contributed by atoms with van der Waals surface area (Å²) in [6, 6.07) is 15.0. The van der Waals surface area contributed by atoms with Gasteiger partial charge in [0, 0.05) is 0 Å². The predicted octanol–water partition coefficient (Wildman–Crippen LogP) is 4.22. The highest BCUT2D eigenvalue weighted by atomic mass is 16.5. The Morgan fingerprint density at radius 3 is 2.25 bits per heavy atom. The molecule has 0 radical (unpaired) electrons. The first-order chi connectivity index (χ1) is 11.5. The van der Waals surface area contributed by atoms with Gasteiger partial charge in [-0.1, -0.05) is 38.1 Å². The van der Waals surface area contributed by atoms with Crippen molar-refractivity contribution in [3.05, 3.63) is 59.7 Å². The van der Waals surface area contributed by atoms with E-state index in [-0.39, 0.29) is 11.9 Å². The lowest BCUT2D eigenvalue weighted by atomic mass is 9.96. The zero-order valence-corrected chi connectivity index (χ0v) is 14.7. The second kappa shape index (κ2) is 8.39. The van der Waals surface area contributed by atoms with Crippen LogP contribution in [0.2, 0.25) is 0 Å². The van der Waals surface area contributed by atoms with Crippen LogP contribution in [0.3, 0.4) is 0 Å². The number of methoxy groups -OCH3 is 2. The Bertz CT molecular complexity index is 665. The van der Waals surface area contributed by atoms with Crippen LogP contribution in [0.15, 0.2) is 48.5 Å². The summed E-state index contributed by atoms with van der Waals surface area (Å²) in [5.74, 6) is 1.70. The third-order valence-corrected chi connectivity index (χ3v) is 3.88. The third-order valence-electron chi connectivity index (χ3n) is 3.88. The summed E-state index contributed by atoms with van der Waals surface area (Å²) >= 11 is 0. The number of carbonyl (C=O) groups is 1. The second-order valence-corrected chi connectivity index (χ2v) is 6.13. The molecule has 1 N–H and O–H groups in total. The molecular weight excluding hydrogens is 302 g/mol. The fourth-order valence-electron chi connectivity index (χ4n) is 2.65. The molecule has 1 atom stereocenters. The zero-order chi connectivity index (χ0) is 17.5. The first-order valence-electron chi connectivity index (χ1n) is 8.13. The molecule has 0 unspecified atom stereocenters. The molecule has 0 aromatic heterocycles. The van der Waals surface area contributed by atoms with Crippen LogP contribution < -0.4 is 14.8 Å². The monoisotopic (exact) mass is 327 g/mol. The highest BCUT2D eigenvalue weighted by molar-refractivity contribution is 5.97. The van der Waals surface area contributed by atoms with Crippen molar-refractivity contribution >= 4 is 5.91 Å². The van der Waals surface area contributed by atoms with E-state index in [2.05, 4.69) is 19.2 Å². The minimum atomic E-state index is -0.131. The van der Waals surface area contributed by atoms with E-state index < -0.39 is 0 Å². The maximum atomic E-state index is 12.7. The molecule has 0 spiro atoms. The van der Waals surface area contributed by atoms with Crippen LogP contribution in [-0.2, 0) is 0 Å². The number of hydrogen-bond acceptors (Lipinski definition) is 3. The molecule has 128 valence electrons. The van der Waals surface area contributed by atoms with Crippen molar-refractivity contribution in [1.29, 1.82) is 0 Å².